The molecular formula is C14H18N2O4. The van der Waals surface area contributed by atoms with Gasteiger partial charge in [-0.1, -0.05) is 19.9 Å². The molecule has 6 nitrogen and oxygen atoms in total. The van der Waals surface area contributed by atoms with E-state index in [0.717, 1.165) is 0 Å². The maximum absolute atomic E-state index is 12.1. The molecule has 1 aromatic carbocycles. The summed E-state index contributed by atoms with van der Waals surface area (Å²) in [5.74, 6) is -1.71. The molecule has 0 heterocycles. The molecule has 6 heteroatoms. The lowest BCUT2D eigenvalue weighted by molar-refractivity contribution is -0.144. The van der Waals surface area contributed by atoms with Gasteiger partial charge in [0, 0.05) is 11.1 Å². The fraction of sp³-hybridized carbons (Fsp3) is 0.357. The van der Waals surface area contributed by atoms with Crippen LogP contribution in [0, 0.1) is 5.92 Å². The van der Waals surface area contributed by atoms with E-state index in [1.165, 1.54) is 25.3 Å². The molecule has 20 heavy (non-hydrogen) atoms. The van der Waals surface area contributed by atoms with Gasteiger partial charge in [-0.05, 0) is 24.1 Å². The Kier molecular flexibility index (Phi) is 5.25. The number of ether oxygens (including phenoxy) is 1. The Labute approximate surface area is 117 Å². The molecule has 0 bridgehead atoms. The number of carbonyl (C=O) groups excluding carboxylic acids is 3. The van der Waals surface area contributed by atoms with Gasteiger partial charge in [0.15, 0.2) is 0 Å². The van der Waals surface area contributed by atoms with Gasteiger partial charge in [-0.2, -0.15) is 0 Å². The smallest absolute Gasteiger partial charge is 0.328 e. The summed E-state index contributed by atoms with van der Waals surface area (Å²) in [7, 11) is 1.26. The predicted octanol–water partition coefficient (Wildman–Crippen LogP) is 0.713. The van der Waals surface area contributed by atoms with E-state index < -0.39 is 23.8 Å². The molecule has 3 N–H and O–H groups in total. The van der Waals surface area contributed by atoms with Gasteiger partial charge in [-0.15, -0.1) is 0 Å². The molecule has 0 saturated carbocycles. The molecule has 0 aliphatic rings. The lowest BCUT2D eigenvalue weighted by Gasteiger charge is -2.19. The topological polar surface area (TPSA) is 98.5 Å². The van der Waals surface area contributed by atoms with E-state index in [1.807, 2.05) is 0 Å². The minimum absolute atomic E-state index is 0.120. The second-order valence-electron chi connectivity index (χ2n) is 4.66. The van der Waals surface area contributed by atoms with Crippen LogP contribution < -0.4 is 11.1 Å². The zero-order valence-corrected chi connectivity index (χ0v) is 11.7. The highest BCUT2D eigenvalue weighted by atomic mass is 16.5. The highest BCUT2D eigenvalue weighted by Crippen LogP contribution is 2.08. The van der Waals surface area contributed by atoms with Gasteiger partial charge in [-0.3, -0.25) is 9.59 Å². The summed E-state index contributed by atoms with van der Waals surface area (Å²) in [5.41, 5.74) is 5.65. The van der Waals surface area contributed by atoms with Crippen LogP contribution in [0.25, 0.3) is 0 Å². The van der Waals surface area contributed by atoms with E-state index in [2.05, 4.69) is 10.1 Å². The van der Waals surface area contributed by atoms with Gasteiger partial charge < -0.3 is 15.8 Å². The Morgan fingerprint density at radius 3 is 2.30 bits per heavy atom. The highest BCUT2D eigenvalue weighted by molar-refractivity contribution is 6.00. The van der Waals surface area contributed by atoms with Crippen molar-refractivity contribution in [1.82, 2.24) is 5.32 Å². The summed E-state index contributed by atoms with van der Waals surface area (Å²) < 4.78 is 4.64. The van der Waals surface area contributed by atoms with E-state index in [1.54, 1.807) is 19.9 Å². The van der Waals surface area contributed by atoms with Crippen LogP contribution in [0.3, 0.4) is 0 Å². The van der Waals surface area contributed by atoms with Gasteiger partial charge in [0.25, 0.3) is 5.91 Å². The van der Waals surface area contributed by atoms with Crippen molar-refractivity contribution in [2.24, 2.45) is 11.7 Å². The summed E-state index contributed by atoms with van der Waals surface area (Å²) in [5, 5.41) is 2.58. The van der Waals surface area contributed by atoms with Crippen LogP contribution in [0.1, 0.15) is 34.6 Å². The maximum atomic E-state index is 12.1. The summed E-state index contributed by atoms with van der Waals surface area (Å²) >= 11 is 0. The number of primary amides is 1. The highest BCUT2D eigenvalue weighted by Gasteiger charge is 2.25. The third kappa shape index (κ3) is 3.81. The van der Waals surface area contributed by atoms with Gasteiger partial charge in [0.1, 0.15) is 6.04 Å². The van der Waals surface area contributed by atoms with E-state index >= 15 is 0 Å². The number of esters is 1. The fourth-order valence-corrected chi connectivity index (χ4v) is 1.66. The molecule has 0 fully saturated rings. The fourth-order valence-electron chi connectivity index (χ4n) is 1.66. The van der Waals surface area contributed by atoms with Crippen LogP contribution in [0.5, 0.6) is 0 Å². The first-order valence-electron chi connectivity index (χ1n) is 6.15. The Morgan fingerprint density at radius 1 is 1.20 bits per heavy atom. The molecule has 0 aliphatic heterocycles. The zero-order chi connectivity index (χ0) is 15.3. The largest absolute Gasteiger partial charge is 0.467 e. The van der Waals surface area contributed by atoms with Crippen molar-refractivity contribution in [2.75, 3.05) is 7.11 Å². The molecular weight excluding hydrogens is 260 g/mol. The van der Waals surface area contributed by atoms with Crippen molar-refractivity contribution < 1.29 is 19.1 Å². The number of hydrogen-bond donors (Lipinski definition) is 2. The number of rotatable bonds is 5. The standard InChI is InChI=1S/C14H18N2O4/c1-8(2)11(14(19)20-3)16-13(18)10-6-4-5-9(7-10)12(15)17/h4-8,11H,1-3H3,(H2,15,17)(H,16,18). The minimum Gasteiger partial charge on any atom is -0.467 e. The average Bonchev–Trinajstić information content (AvgIpc) is 2.43. The second kappa shape index (κ2) is 6.70. The molecule has 108 valence electrons. The van der Waals surface area contributed by atoms with Gasteiger partial charge in [0.2, 0.25) is 5.91 Å². The summed E-state index contributed by atoms with van der Waals surface area (Å²) in [4.78, 5) is 34.7. The first-order chi connectivity index (χ1) is 9.36. The number of hydrogen-bond acceptors (Lipinski definition) is 4. The van der Waals surface area contributed by atoms with Gasteiger partial charge >= 0.3 is 5.97 Å². The molecule has 1 aromatic rings. The van der Waals surface area contributed by atoms with Crippen LogP contribution >= 0.6 is 0 Å². The van der Waals surface area contributed by atoms with E-state index in [9.17, 15) is 14.4 Å². The van der Waals surface area contributed by atoms with Crippen molar-refractivity contribution >= 4 is 17.8 Å². The predicted molar refractivity (Wildman–Crippen MR) is 73.1 cm³/mol. The molecule has 1 atom stereocenters. The van der Waals surface area contributed by atoms with Crippen LogP contribution in [0.15, 0.2) is 24.3 Å². The van der Waals surface area contributed by atoms with E-state index in [-0.39, 0.29) is 17.0 Å². The average molecular weight is 278 g/mol. The number of benzene rings is 1. The van der Waals surface area contributed by atoms with Crippen molar-refractivity contribution in [1.29, 1.82) is 0 Å². The number of nitrogens with one attached hydrogen (secondary N) is 1. The quantitative estimate of drug-likeness (QED) is 0.775. The third-order valence-corrected chi connectivity index (χ3v) is 2.82. The molecule has 2 amide bonds. The summed E-state index contributed by atoms with van der Waals surface area (Å²) in [6.07, 6.45) is 0. The molecule has 1 unspecified atom stereocenters. The van der Waals surface area contributed by atoms with Crippen molar-refractivity contribution in [3.63, 3.8) is 0 Å². The SMILES string of the molecule is COC(=O)C(NC(=O)c1cccc(C(N)=O)c1)C(C)C. The molecule has 0 aromatic heterocycles. The van der Waals surface area contributed by atoms with Crippen molar-refractivity contribution in [3.05, 3.63) is 35.4 Å². The summed E-state index contributed by atoms with van der Waals surface area (Å²) in [6, 6.07) is 5.24. The van der Waals surface area contributed by atoms with Crippen molar-refractivity contribution in [2.45, 2.75) is 19.9 Å². The molecule has 1 rings (SSSR count). The van der Waals surface area contributed by atoms with Gasteiger partial charge in [0.05, 0.1) is 7.11 Å². The summed E-state index contributed by atoms with van der Waals surface area (Å²) in [6.45, 7) is 3.59. The Hall–Kier alpha value is -2.37. The van der Waals surface area contributed by atoms with Gasteiger partial charge in [-0.25, -0.2) is 4.79 Å². The molecule has 0 radical (unpaired) electrons. The Balaban J connectivity index is 2.92. The first kappa shape index (κ1) is 15.7. The number of carbonyl (C=O) groups is 3. The molecule has 0 aliphatic carbocycles. The van der Waals surface area contributed by atoms with Crippen molar-refractivity contribution in [3.8, 4) is 0 Å². The molecule has 0 saturated heterocycles. The van der Waals surface area contributed by atoms with E-state index in [4.69, 9.17) is 5.73 Å². The normalized spacial score (nSPS) is 11.8. The number of methoxy groups -OCH3 is 1. The van der Waals surface area contributed by atoms with E-state index in [0.29, 0.717) is 0 Å². The number of nitrogens with two attached hydrogens (primary N) is 1. The Bertz CT molecular complexity index is 526. The maximum Gasteiger partial charge on any atom is 0.328 e. The zero-order valence-electron chi connectivity index (χ0n) is 11.7. The number of amides is 2. The monoisotopic (exact) mass is 278 g/mol. The lowest BCUT2D eigenvalue weighted by Crippen LogP contribution is -2.45. The molecule has 0 spiro atoms. The van der Waals surface area contributed by atoms with Crippen LogP contribution in [0.4, 0.5) is 0 Å². The van der Waals surface area contributed by atoms with Crippen LogP contribution in [0.2, 0.25) is 0 Å². The second-order valence-corrected chi connectivity index (χ2v) is 4.66. The third-order valence-electron chi connectivity index (χ3n) is 2.82. The Morgan fingerprint density at radius 2 is 1.80 bits per heavy atom. The van der Waals surface area contributed by atoms with Crippen LogP contribution in [-0.2, 0) is 9.53 Å². The first-order valence-corrected chi connectivity index (χ1v) is 6.15. The minimum atomic E-state index is -0.746. The van der Waals surface area contributed by atoms with Crippen LogP contribution in [-0.4, -0.2) is 30.9 Å². The lowest BCUT2D eigenvalue weighted by atomic mass is 10.0.